The van der Waals surface area contributed by atoms with Gasteiger partial charge in [0.25, 0.3) is 5.56 Å². The van der Waals surface area contributed by atoms with Crippen LogP contribution in [0.4, 0.5) is 5.69 Å². The number of rotatable bonds is 8. The number of nitrogens with one attached hydrogen (secondary N) is 1. The van der Waals surface area contributed by atoms with E-state index in [1.54, 1.807) is 31.7 Å². The van der Waals surface area contributed by atoms with E-state index in [0.717, 1.165) is 30.5 Å². The summed E-state index contributed by atoms with van der Waals surface area (Å²) in [6.45, 7) is 2.59. The summed E-state index contributed by atoms with van der Waals surface area (Å²) in [5.41, 5.74) is 7.93. The Bertz CT molecular complexity index is 1020. The lowest BCUT2D eigenvalue weighted by atomic mass is 10.0. The Kier molecular flexibility index (Phi) is 6.90. The molecule has 0 spiro atoms. The van der Waals surface area contributed by atoms with Crippen molar-refractivity contribution < 1.29 is 9.53 Å². The first-order chi connectivity index (χ1) is 15.6. The third kappa shape index (κ3) is 5.19. The Morgan fingerprint density at radius 2 is 2.06 bits per heavy atom. The van der Waals surface area contributed by atoms with Crippen molar-refractivity contribution in [2.45, 2.75) is 31.7 Å². The average molecular weight is 438 g/mol. The molecule has 0 radical (unpaired) electrons. The molecule has 32 heavy (non-hydrogen) atoms. The summed E-state index contributed by atoms with van der Waals surface area (Å²) < 4.78 is 5.25. The summed E-state index contributed by atoms with van der Waals surface area (Å²) in [5.74, 6) is 1.17. The highest BCUT2D eigenvalue weighted by atomic mass is 16.5. The number of nitrogens with two attached hydrogens (primary N) is 1. The number of amides is 1. The van der Waals surface area contributed by atoms with Gasteiger partial charge < -0.3 is 25.3 Å². The van der Waals surface area contributed by atoms with Crippen LogP contribution in [0.25, 0.3) is 11.1 Å². The summed E-state index contributed by atoms with van der Waals surface area (Å²) in [6, 6.07) is 5.96. The number of aromatic nitrogens is 2. The quantitative estimate of drug-likeness (QED) is 0.614. The number of hydrogen-bond donors (Lipinski definition) is 2. The highest BCUT2D eigenvalue weighted by Gasteiger charge is 2.32. The Morgan fingerprint density at radius 1 is 1.28 bits per heavy atom. The van der Waals surface area contributed by atoms with Gasteiger partial charge in [-0.25, -0.2) is 4.98 Å². The highest BCUT2D eigenvalue weighted by Crippen LogP contribution is 2.34. The fourth-order valence-corrected chi connectivity index (χ4v) is 4.25. The van der Waals surface area contributed by atoms with Crippen LogP contribution in [0.1, 0.15) is 25.7 Å². The van der Waals surface area contributed by atoms with Gasteiger partial charge in [0.15, 0.2) is 0 Å². The second-order valence-electron chi connectivity index (χ2n) is 8.48. The molecule has 0 atom stereocenters. The zero-order valence-corrected chi connectivity index (χ0v) is 18.5. The molecule has 3 heterocycles. The van der Waals surface area contributed by atoms with Crippen LogP contribution in [-0.2, 0) is 4.79 Å². The van der Waals surface area contributed by atoms with Gasteiger partial charge in [-0.1, -0.05) is 6.08 Å². The lowest BCUT2D eigenvalue weighted by Crippen LogP contribution is -2.48. The molecule has 2 aromatic heterocycles. The number of carbonyl (C=O) groups excluding carboxylic acids is 1. The zero-order chi connectivity index (χ0) is 22.5. The van der Waals surface area contributed by atoms with E-state index in [1.165, 1.54) is 12.8 Å². The van der Waals surface area contributed by atoms with Crippen LogP contribution < -0.4 is 20.9 Å². The van der Waals surface area contributed by atoms with Gasteiger partial charge in [0.2, 0.25) is 11.8 Å². The minimum atomic E-state index is -0.0835. The van der Waals surface area contributed by atoms with Crippen LogP contribution >= 0.6 is 0 Å². The summed E-state index contributed by atoms with van der Waals surface area (Å²) in [5, 5.41) is 0. The van der Waals surface area contributed by atoms with Gasteiger partial charge in [-0.15, -0.1) is 0 Å². The van der Waals surface area contributed by atoms with E-state index in [9.17, 15) is 9.59 Å². The summed E-state index contributed by atoms with van der Waals surface area (Å²) in [4.78, 5) is 36.4. The number of anilines is 1. The molecule has 8 heteroatoms. The number of likely N-dealkylation sites (tertiary alicyclic amines) is 1. The van der Waals surface area contributed by atoms with Crippen LogP contribution in [0.5, 0.6) is 5.88 Å². The van der Waals surface area contributed by atoms with E-state index >= 15 is 0 Å². The maximum atomic E-state index is 12.9. The Morgan fingerprint density at radius 3 is 2.75 bits per heavy atom. The van der Waals surface area contributed by atoms with E-state index in [0.29, 0.717) is 37.1 Å². The standard InChI is InChI=1S/C24H31N5O3/c1-32-22-14-18(6-10-26-22)19-13-21(24(31)27-15-19)29(16-17-4-5-17)20-7-11-28(12-8-20)23(30)3-2-9-25/h2-3,6,10,13-15,17,20H,4-5,7-9,11-12,16,25H2,1H3,(H,27,31)/b3-2+. The molecule has 2 fully saturated rings. The summed E-state index contributed by atoms with van der Waals surface area (Å²) in [6.07, 6.45) is 10.8. The van der Waals surface area contributed by atoms with Crippen molar-refractivity contribution in [3.63, 3.8) is 0 Å². The number of hydrogen-bond acceptors (Lipinski definition) is 6. The van der Waals surface area contributed by atoms with Gasteiger partial charge >= 0.3 is 0 Å². The molecule has 1 saturated carbocycles. The van der Waals surface area contributed by atoms with Crippen LogP contribution in [0.3, 0.4) is 0 Å². The molecular formula is C24H31N5O3. The van der Waals surface area contributed by atoms with Crippen molar-refractivity contribution in [3.05, 3.63) is 53.1 Å². The van der Waals surface area contributed by atoms with Gasteiger partial charge in [0, 0.05) is 62.3 Å². The molecule has 0 unspecified atom stereocenters. The molecular weight excluding hydrogens is 406 g/mol. The highest BCUT2D eigenvalue weighted by molar-refractivity contribution is 5.87. The lowest BCUT2D eigenvalue weighted by molar-refractivity contribution is -0.127. The van der Waals surface area contributed by atoms with E-state index < -0.39 is 0 Å². The monoisotopic (exact) mass is 437 g/mol. The second-order valence-corrected chi connectivity index (χ2v) is 8.48. The SMILES string of the molecule is COc1cc(-c2c[nH]c(=O)c(N(CC3CC3)C3CCN(C(=O)/C=C/CN)CC3)c2)ccn1. The van der Waals surface area contributed by atoms with Gasteiger partial charge in [0.1, 0.15) is 5.69 Å². The van der Waals surface area contributed by atoms with Gasteiger partial charge in [-0.05, 0) is 49.3 Å². The molecule has 1 aliphatic heterocycles. The van der Waals surface area contributed by atoms with E-state index in [4.69, 9.17) is 10.5 Å². The number of methoxy groups -OCH3 is 1. The third-order valence-corrected chi connectivity index (χ3v) is 6.24. The van der Waals surface area contributed by atoms with Gasteiger partial charge in [-0.2, -0.15) is 0 Å². The number of aromatic amines is 1. The zero-order valence-electron chi connectivity index (χ0n) is 18.5. The number of carbonyl (C=O) groups is 1. The second kappa shape index (κ2) is 9.99. The smallest absolute Gasteiger partial charge is 0.271 e. The van der Waals surface area contributed by atoms with Crippen molar-refractivity contribution in [2.75, 3.05) is 38.2 Å². The minimum Gasteiger partial charge on any atom is -0.481 e. The third-order valence-electron chi connectivity index (χ3n) is 6.24. The first kappa shape index (κ1) is 22.1. The number of nitrogens with zero attached hydrogens (tertiary/aromatic N) is 3. The fourth-order valence-electron chi connectivity index (χ4n) is 4.25. The van der Waals surface area contributed by atoms with Crippen molar-refractivity contribution in [2.24, 2.45) is 11.7 Å². The molecule has 1 amide bonds. The maximum Gasteiger partial charge on any atom is 0.271 e. The van der Waals surface area contributed by atoms with Crippen LogP contribution in [0, 0.1) is 5.92 Å². The van der Waals surface area contributed by atoms with Crippen molar-refractivity contribution in [1.29, 1.82) is 0 Å². The molecule has 2 aliphatic rings. The fraction of sp³-hybridized carbons (Fsp3) is 0.458. The van der Waals surface area contributed by atoms with Crippen molar-refractivity contribution >= 4 is 11.6 Å². The van der Waals surface area contributed by atoms with E-state index in [2.05, 4.69) is 14.9 Å². The molecule has 4 rings (SSSR count). The molecule has 1 saturated heterocycles. The molecule has 1 aliphatic carbocycles. The van der Waals surface area contributed by atoms with Crippen LogP contribution in [0.2, 0.25) is 0 Å². The lowest BCUT2D eigenvalue weighted by Gasteiger charge is -2.39. The van der Waals surface area contributed by atoms with Crippen LogP contribution in [-0.4, -0.2) is 60.1 Å². The largest absolute Gasteiger partial charge is 0.481 e. The van der Waals surface area contributed by atoms with E-state index in [-0.39, 0.29) is 17.5 Å². The number of H-pyrrole nitrogens is 1. The molecule has 2 aromatic rings. The normalized spacial score (nSPS) is 17.0. The van der Waals surface area contributed by atoms with E-state index in [1.807, 2.05) is 23.1 Å². The van der Waals surface area contributed by atoms with Gasteiger partial charge in [0.05, 0.1) is 7.11 Å². The van der Waals surface area contributed by atoms with Crippen molar-refractivity contribution in [3.8, 4) is 17.0 Å². The molecule has 3 N–H and O–H groups in total. The predicted molar refractivity (Wildman–Crippen MR) is 125 cm³/mol. The molecule has 0 bridgehead atoms. The van der Waals surface area contributed by atoms with Crippen LogP contribution in [0.15, 0.2) is 47.5 Å². The van der Waals surface area contributed by atoms with Gasteiger partial charge in [-0.3, -0.25) is 9.59 Å². The first-order valence-corrected chi connectivity index (χ1v) is 11.2. The Balaban J connectivity index is 1.56. The summed E-state index contributed by atoms with van der Waals surface area (Å²) >= 11 is 0. The summed E-state index contributed by atoms with van der Waals surface area (Å²) in [7, 11) is 1.59. The Hall–Kier alpha value is -3.13. The number of pyridine rings is 2. The topological polar surface area (TPSA) is 105 Å². The minimum absolute atomic E-state index is 0.00845. The first-order valence-electron chi connectivity index (χ1n) is 11.2. The average Bonchev–Trinajstić information content (AvgIpc) is 3.66. The maximum absolute atomic E-state index is 12.9. The molecule has 8 nitrogen and oxygen atoms in total. The molecule has 0 aromatic carbocycles. The molecule has 170 valence electrons. The number of ether oxygens (including phenoxy) is 1. The number of piperidine rings is 1. The van der Waals surface area contributed by atoms with Crippen molar-refractivity contribution in [1.82, 2.24) is 14.9 Å². The predicted octanol–water partition coefficient (Wildman–Crippen LogP) is 2.17. The Labute approximate surface area is 188 Å².